The largest absolute Gasteiger partial charge is 0.245 e. The Kier molecular flexibility index (Phi) is 6.09. The van der Waals surface area contributed by atoms with E-state index in [1.54, 1.807) is 0 Å². The van der Waals surface area contributed by atoms with Gasteiger partial charge >= 0.3 is 0 Å². The molecule has 1 rings (SSSR count). The minimum atomic E-state index is 1.03. The van der Waals surface area contributed by atoms with Crippen LogP contribution in [-0.4, -0.2) is 13.6 Å². The molecular weight excluding hydrogens is 170 g/mol. The van der Waals surface area contributed by atoms with Gasteiger partial charge in [0, 0.05) is 13.6 Å². The summed E-state index contributed by atoms with van der Waals surface area (Å²) in [7, 11) is 1.89. The lowest BCUT2D eigenvalue weighted by Gasteiger charge is -2.01. The highest BCUT2D eigenvalue weighted by Gasteiger charge is 1.92. The summed E-state index contributed by atoms with van der Waals surface area (Å²) < 4.78 is 0. The predicted octanol–water partition coefficient (Wildman–Crippen LogP) is 3.02. The molecule has 0 atom stereocenters. The van der Waals surface area contributed by atoms with Crippen molar-refractivity contribution in [3.8, 4) is 0 Å². The Morgan fingerprint density at radius 1 is 0.929 bits per heavy atom. The Balaban J connectivity index is 1.99. The lowest BCUT2D eigenvalue weighted by atomic mass is 10.1. The van der Waals surface area contributed by atoms with Crippen LogP contribution < -0.4 is 5.32 Å². The molecule has 0 amide bonds. The third-order valence-electron chi connectivity index (χ3n) is 2.44. The fraction of sp³-hybridized carbons (Fsp3) is 0.538. The van der Waals surface area contributed by atoms with Crippen molar-refractivity contribution in [3.63, 3.8) is 0 Å². The summed E-state index contributed by atoms with van der Waals surface area (Å²) >= 11 is 0. The Hall–Kier alpha value is -0.820. The quantitative estimate of drug-likeness (QED) is 0.587. The first-order valence-corrected chi connectivity index (χ1v) is 5.53. The molecular formula is C13H20N. The molecule has 1 aromatic rings. The molecule has 77 valence electrons. The van der Waals surface area contributed by atoms with Crippen molar-refractivity contribution >= 4 is 0 Å². The van der Waals surface area contributed by atoms with Gasteiger partial charge in [-0.25, -0.2) is 5.32 Å². The van der Waals surface area contributed by atoms with E-state index < -0.39 is 0 Å². The van der Waals surface area contributed by atoms with Crippen LogP contribution in [0.2, 0.25) is 0 Å². The third kappa shape index (κ3) is 5.03. The van der Waals surface area contributed by atoms with Crippen molar-refractivity contribution in [3.05, 3.63) is 35.9 Å². The lowest BCUT2D eigenvalue weighted by molar-refractivity contribution is 0.612. The molecule has 0 fully saturated rings. The first-order chi connectivity index (χ1) is 6.93. The first-order valence-electron chi connectivity index (χ1n) is 5.53. The monoisotopic (exact) mass is 190 g/mol. The maximum atomic E-state index is 4.09. The molecule has 0 aliphatic rings. The second-order valence-electron chi connectivity index (χ2n) is 3.69. The van der Waals surface area contributed by atoms with E-state index in [4.69, 9.17) is 0 Å². The van der Waals surface area contributed by atoms with E-state index in [2.05, 4.69) is 35.6 Å². The zero-order valence-electron chi connectivity index (χ0n) is 9.08. The highest BCUT2D eigenvalue weighted by Crippen LogP contribution is 2.07. The normalized spacial score (nSPS) is 10.4. The van der Waals surface area contributed by atoms with Crippen LogP contribution in [0.3, 0.4) is 0 Å². The van der Waals surface area contributed by atoms with Crippen molar-refractivity contribution in [1.29, 1.82) is 0 Å². The van der Waals surface area contributed by atoms with Gasteiger partial charge in [-0.1, -0.05) is 43.2 Å². The van der Waals surface area contributed by atoms with E-state index in [1.807, 2.05) is 7.05 Å². The lowest BCUT2D eigenvalue weighted by Crippen LogP contribution is -1.98. The predicted molar refractivity (Wildman–Crippen MR) is 61.5 cm³/mol. The van der Waals surface area contributed by atoms with Gasteiger partial charge in [0.1, 0.15) is 0 Å². The summed E-state index contributed by atoms with van der Waals surface area (Å²) in [6.45, 7) is 1.03. The van der Waals surface area contributed by atoms with Gasteiger partial charge < -0.3 is 0 Å². The summed E-state index contributed by atoms with van der Waals surface area (Å²) in [6.07, 6.45) is 6.46. The highest BCUT2D eigenvalue weighted by molar-refractivity contribution is 5.14. The summed E-state index contributed by atoms with van der Waals surface area (Å²) in [5.74, 6) is 0. The molecule has 14 heavy (non-hydrogen) atoms. The standard InChI is InChI=1S/C13H20N/c1-14-12-8-3-2-5-9-13-10-6-4-7-11-13/h4,6-7,10-11H,2-3,5,8-9,12H2,1H3. The zero-order valence-corrected chi connectivity index (χ0v) is 9.08. The van der Waals surface area contributed by atoms with Crippen molar-refractivity contribution in [2.45, 2.75) is 32.1 Å². The van der Waals surface area contributed by atoms with Crippen LogP contribution in [0, 0.1) is 0 Å². The number of benzene rings is 1. The van der Waals surface area contributed by atoms with Gasteiger partial charge in [0.2, 0.25) is 0 Å². The SMILES string of the molecule is C[N]CCCCCCc1ccccc1. The van der Waals surface area contributed by atoms with E-state index in [0.29, 0.717) is 0 Å². The molecule has 0 aromatic heterocycles. The maximum Gasteiger partial charge on any atom is 0.0130 e. The van der Waals surface area contributed by atoms with Gasteiger partial charge in [-0.2, -0.15) is 0 Å². The molecule has 0 spiro atoms. The van der Waals surface area contributed by atoms with Gasteiger partial charge in [0.05, 0.1) is 0 Å². The fourth-order valence-electron chi connectivity index (χ4n) is 1.60. The smallest absolute Gasteiger partial charge is 0.0130 e. The molecule has 0 heterocycles. The number of nitrogens with zero attached hydrogens (tertiary/aromatic N) is 1. The maximum absolute atomic E-state index is 4.09. The number of aryl methyl sites for hydroxylation is 1. The minimum absolute atomic E-state index is 1.03. The summed E-state index contributed by atoms with van der Waals surface area (Å²) in [5, 5.41) is 4.09. The first kappa shape index (κ1) is 11.3. The Morgan fingerprint density at radius 2 is 1.64 bits per heavy atom. The van der Waals surface area contributed by atoms with Crippen LogP contribution in [0.4, 0.5) is 0 Å². The molecule has 0 saturated carbocycles. The number of unbranched alkanes of at least 4 members (excludes halogenated alkanes) is 3. The topological polar surface area (TPSA) is 14.1 Å². The molecule has 1 aromatic carbocycles. The third-order valence-corrected chi connectivity index (χ3v) is 2.44. The molecule has 1 radical (unpaired) electrons. The van der Waals surface area contributed by atoms with Gasteiger partial charge in [-0.15, -0.1) is 0 Å². The van der Waals surface area contributed by atoms with Crippen molar-refractivity contribution < 1.29 is 0 Å². The number of hydrogen-bond donors (Lipinski definition) is 0. The molecule has 0 saturated heterocycles. The van der Waals surface area contributed by atoms with E-state index >= 15 is 0 Å². The molecule has 0 bridgehead atoms. The van der Waals surface area contributed by atoms with Gasteiger partial charge in [-0.3, -0.25) is 0 Å². The summed E-state index contributed by atoms with van der Waals surface area (Å²) in [5.41, 5.74) is 1.47. The molecule has 0 N–H and O–H groups in total. The van der Waals surface area contributed by atoms with Gasteiger partial charge in [0.15, 0.2) is 0 Å². The van der Waals surface area contributed by atoms with Gasteiger partial charge in [0.25, 0.3) is 0 Å². The van der Waals surface area contributed by atoms with Crippen LogP contribution in [0.25, 0.3) is 0 Å². The van der Waals surface area contributed by atoms with Crippen LogP contribution in [-0.2, 0) is 6.42 Å². The van der Waals surface area contributed by atoms with Crippen LogP contribution in [0.15, 0.2) is 30.3 Å². The molecule has 0 aliphatic carbocycles. The van der Waals surface area contributed by atoms with E-state index in [9.17, 15) is 0 Å². The van der Waals surface area contributed by atoms with E-state index in [0.717, 1.165) is 6.54 Å². The van der Waals surface area contributed by atoms with Gasteiger partial charge in [-0.05, 0) is 24.8 Å². The number of rotatable bonds is 7. The van der Waals surface area contributed by atoms with Crippen molar-refractivity contribution in [2.75, 3.05) is 13.6 Å². The average molecular weight is 190 g/mol. The molecule has 0 unspecified atom stereocenters. The van der Waals surface area contributed by atoms with E-state index in [1.165, 1.54) is 37.7 Å². The molecule has 1 heteroatoms. The van der Waals surface area contributed by atoms with E-state index in [-0.39, 0.29) is 0 Å². The summed E-state index contributed by atoms with van der Waals surface area (Å²) in [4.78, 5) is 0. The molecule has 0 aliphatic heterocycles. The highest BCUT2D eigenvalue weighted by atomic mass is 14.8. The average Bonchev–Trinajstić information content (AvgIpc) is 2.25. The molecule has 1 nitrogen and oxygen atoms in total. The van der Waals surface area contributed by atoms with Crippen molar-refractivity contribution in [1.82, 2.24) is 5.32 Å². The van der Waals surface area contributed by atoms with Crippen LogP contribution in [0.1, 0.15) is 31.2 Å². The Morgan fingerprint density at radius 3 is 2.36 bits per heavy atom. The van der Waals surface area contributed by atoms with Crippen LogP contribution >= 0.6 is 0 Å². The fourth-order valence-corrected chi connectivity index (χ4v) is 1.60. The Labute approximate surface area is 87.5 Å². The second kappa shape index (κ2) is 7.57. The van der Waals surface area contributed by atoms with Crippen molar-refractivity contribution in [2.24, 2.45) is 0 Å². The minimum Gasteiger partial charge on any atom is -0.245 e. The Bertz CT molecular complexity index is 218. The zero-order chi connectivity index (χ0) is 10.1. The number of hydrogen-bond acceptors (Lipinski definition) is 0. The second-order valence-corrected chi connectivity index (χ2v) is 3.69. The van der Waals surface area contributed by atoms with Crippen LogP contribution in [0.5, 0.6) is 0 Å². The summed E-state index contributed by atoms with van der Waals surface area (Å²) in [6, 6.07) is 10.7.